The number of para-hydroxylation sites is 3. The molecule has 168 valence electrons. The van der Waals surface area contributed by atoms with E-state index in [9.17, 15) is 9.59 Å². The minimum absolute atomic E-state index is 0.158. The minimum atomic E-state index is -0.515. The standard InChI is InChI=1S/C26H25N3O3S/c1-16-13-14-17(2)22(15-16)29-25(31)19-9-5-6-10-20(19)28-26(29)33-18(3)24(30)27-21-11-7-8-12-23(21)32-4/h5-15,18H,1-4H3,(H,27,30). The molecule has 0 fully saturated rings. The molecule has 0 radical (unpaired) electrons. The van der Waals surface area contributed by atoms with Crippen LogP contribution in [0.3, 0.4) is 0 Å². The molecule has 4 aromatic rings. The van der Waals surface area contributed by atoms with Crippen molar-refractivity contribution in [3.8, 4) is 11.4 Å². The van der Waals surface area contributed by atoms with Crippen molar-refractivity contribution in [2.24, 2.45) is 0 Å². The Kier molecular flexibility index (Phi) is 6.51. The summed E-state index contributed by atoms with van der Waals surface area (Å²) < 4.78 is 6.94. The van der Waals surface area contributed by atoms with E-state index in [-0.39, 0.29) is 11.5 Å². The summed E-state index contributed by atoms with van der Waals surface area (Å²) in [7, 11) is 1.56. The quantitative estimate of drug-likeness (QED) is 0.320. The highest BCUT2D eigenvalue weighted by Gasteiger charge is 2.22. The van der Waals surface area contributed by atoms with Crippen molar-refractivity contribution < 1.29 is 9.53 Å². The van der Waals surface area contributed by atoms with Crippen LogP contribution in [-0.4, -0.2) is 27.8 Å². The van der Waals surface area contributed by atoms with Crippen LogP contribution < -0.4 is 15.6 Å². The van der Waals surface area contributed by atoms with Crippen LogP contribution in [0.5, 0.6) is 5.75 Å². The number of ether oxygens (including phenoxy) is 1. The zero-order valence-corrected chi connectivity index (χ0v) is 19.8. The van der Waals surface area contributed by atoms with E-state index in [0.717, 1.165) is 16.8 Å². The molecule has 0 spiro atoms. The van der Waals surface area contributed by atoms with E-state index in [0.29, 0.717) is 27.5 Å². The first-order chi connectivity index (χ1) is 15.9. The molecule has 1 heterocycles. The van der Waals surface area contributed by atoms with Crippen molar-refractivity contribution in [3.63, 3.8) is 0 Å². The Balaban J connectivity index is 1.76. The number of anilines is 1. The molecular formula is C26H25N3O3S. The van der Waals surface area contributed by atoms with Crippen LogP contribution in [0.2, 0.25) is 0 Å². The second-order valence-corrected chi connectivity index (χ2v) is 9.10. The predicted octanol–water partition coefficient (Wildman–Crippen LogP) is 5.13. The first-order valence-corrected chi connectivity index (χ1v) is 11.5. The van der Waals surface area contributed by atoms with Crippen molar-refractivity contribution in [1.82, 2.24) is 9.55 Å². The fourth-order valence-electron chi connectivity index (χ4n) is 3.56. The number of nitrogens with zero attached hydrogens (tertiary/aromatic N) is 2. The number of carbonyl (C=O) groups excluding carboxylic acids is 1. The molecule has 1 N–H and O–H groups in total. The van der Waals surface area contributed by atoms with Crippen molar-refractivity contribution in [2.45, 2.75) is 31.2 Å². The third kappa shape index (κ3) is 4.64. The normalized spacial score (nSPS) is 11.9. The molecule has 6 nitrogen and oxygen atoms in total. The molecule has 1 amide bonds. The van der Waals surface area contributed by atoms with Gasteiger partial charge in [0.15, 0.2) is 5.16 Å². The number of aryl methyl sites for hydroxylation is 2. The fourth-order valence-corrected chi connectivity index (χ4v) is 4.48. The molecule has 0 bridgehead atoms. The van der Waals surface area contributed by atoms with Crippen LogP contribution >= 0.6 is 11.8 Å². The Labute approximate surface area is 196 Å². The largest absolute Gasteiger partial charge is 0.495 e. The molecule has 1 aromatic heterocycles. The van der Waals surface area contributed by atoms with Gasteiger partial charge in [0.05, 0.1) is 34.6 Å². The molecule has 0 saturated carbocycles. The Bertz CT molecular complexity index is 1400. The van der Waals surface area contributed by atoms with Crippen LogP contribution in [0, 0.1) is 13.8 Å². The fraction of sp³-hybridized carbons (Fsp3) is 0.192. The van der Waals surface area contributed by atoms with Crippen LogP contribution in [0.25, 0.3) is 16.6 Å². The van der Waals surface area contributed by atoms with E-state index in [4.69, 9.17) is 9.72 Å². The number of hydrogen-bond donors (Lipinski definition) is 1. The molecule has 0 aliphatic rings. The third-order valence-electron chi connectivity index (χ3n) is 5.37. The second-order valence-electron chi connectivity index (χ2n) is 7.79. The maximum Gasteiger partial charge on any atom is 0.266 e. The van der Waals surface area contributed by atoms with Gasteiger partial charge in [-0.15, -0.1) is 0 Å². The van der Waals surface area contributed by atoms with E-state index >= 15 is 0 Å². The summed E-state index contributed by atoms with van der Waals surface area (Å²) in [5.41, 5.74) is 3.79. The number of methoxy groups -OCH3 is 1. The summed E-state index contributed by atoms with van der Waals surface area (Å²) in [5.74, 6) is 0.374. The van der Waals surface area contributed by atoms with Gasteiger partial charge in [-0.05, 0) is 62.2 Å². The van der Waals surface area contributed by atoms with E-state index in [2.05, 4.69) is 5.32 Å². The van der Waals surface area contributed by atoms with Crippen molar-refractivity contribution in [2.75, 3.05) is 12.4 Å². The van der Waals surface area contributed by atoms with Crippen molar-refractivity contribution >= 4 is 34.3 Å². The zero-order valence-electron chi connectivity index (χ0n) is 19.0. The van der Waals surface area contributed by atoms with Gasteiger partial charge in [-0.3, -0.25) is 14.2 Å². The number of nitrogens with one attached hydrogen (secondary N) is 1. The number of fused-ring (bicyclic) bond motifs is 1. The van der Waals surface area contributed by atoms with E-state index < -0.39 is 5.25 Å². The average Bonchev–Trinajstić information content (AvgIpc) is 2.81. The molecule has 33 heavy (non-hydrogen) atoms. The molecule has 1 unspecified atom stereocenters. The van der Waals surface area contributed by atoms with Gasteiger partial charge in [-0.25, -0.2) is 4.98 Å². The maximum atomic E-state index is 13.5. The number of thioether (sulfide) groups is 1. The smallest absolute Gasteiger partial charge is 0.266 e. The topological polar surface area (TPSA) is 73.2 Å². The summed E-state index contributed by atoms with van der Waals surface area (Å²) >= 11 is 1.25. The Morgan fingerprint density at radius 1 is 1.06 bits per heavy atom. The van der Waals surface area contributed by atoms with Gasteiger partial charge in [0.25, 0.3) is 5.56 Å². The van der Waals surface area contributed by atoms with Crippen LogP contribution in [0.4, 0.5) is 5.69 Å². The van der Waals surface area contributed by atoms with Gasteiger partial charge >= 0.3 is 0 Å². The lowest BCUT2D eigenvalue weighted by atomic mass is 10.1. The summed E-state index contributed by atoms with van der Waals surface area (Å²) in [5, 5.41) is 3.40. The summed E-state index contributed by atoms with van der Waals surface area (Å²) in [6.45, 7) is 5.74. The van der Waals surface area contributed by atoms with Gasteiger partial charge in [0, 0.05) is 0 Å². The lowest BCUT2D eigenvalue weighted by molar-refractivity contribution is -0.115. The molecule has 7 heteroatoms. The highest BCUT2D eigenvalue weighted by atomic mass is 32.2. The Morgan fingerprint density at radius 3 is 2.58 bits per heavy atom. The van der Waals surface area contributed by atoms with Crippen LogP contribution in [-0.2, 0) is 4.79 Å². The monoisotopic (exact) mass is 459 g/mol. The van der Waals surface area contributed by atoms with Crippen molar-refractivity contribution in [1.29, 1.82) is 0 Å². The van der Waals surface area contributed by atoms with Gasteiger partial charge in [-0.1, -0.05) is 48.2 Å². The van der Waals surface area contributed by atoms with Crippen LogP contribution in [0.1, 0.15) is 18.1 Å². The first-order valence-electron chi connectivity index (χ1n) is 10.6. The van der Waals surface area contributed by atoms with E-state index in [1.165, 1.54) is 11.8 Å². The minimum Gasteiger partial charge on any atom is -0.495 e. The van der Waals surface area contributed by atoms with E-state index in [1.807, 2.05) is 62.4 Å². The first kappa shape index (κ1) is 22.6. The number of carbonyl (C=O) groups is 1. The predicted molar refractivity (Wildman–Crippen MR) is 134 cm³/mol. The van der Waals surface area contributed by atoms with Gasteiger partial charge < -0.3 is 10.1 Å². The van der Waals surface area contributed by atoms with Gasteiger partial charge in [-0.2, -0.15) is 0 Å². The number of rotatable bonds is 6. The highest BCUT2D eigenvalue weighted by Crippen LogP contribution is 2.29. The molecule has 0 aliphatic carbocycles. The Hall–Kier alpha value is -3.58. The lowest BCUT2D eigenvalue weighted by Crippen LogP contribution is -2.26. The van der Waals surface area contributed by atoms with Crippen LogP contribution in [0.15, 0.2) is 76.7 Å². The maximum absolute atomic E-state index is 13.5. The molecule has 0 saturated heterocycles. The van der Waals surface area contributed by atoms with Gasteiger partial charge in [0.1, 0.15) is 5.75 Å². The SMILES string of the molecule is COc1ccccc1NC(=O)C(C)Sc1nc2ccccc2c(=O)n1-c1cc(C)ccc1C. The zero-order chi connectivity index (χ0) is 23.5. The molecule has 4 rings (SSSR count). The molecule has 1 atom stereocenters. The molecule has 0 aliphatic heterocycles. The lowest BCUT2D eigenvalue weighted by Gasteiger charge is -2.18. The highest BCUT2D eigenvalue weighted by molar-refractivity contribution is 8.00. The van der Waals surface area contributed by atoms with E-state index in [1.54, 1.807) is 36.8 Å². The van der Waals surface area contributed by atoms with Gasteiger partial charge in [0.2, 0.25) is 5.91 Å². The van der Waals surface area contributed by atoms with Crippen molar-refractivity contribution in [3.05, 3.63) is 88.2 Å². The average molecular weight is 460 g/mol. The second kappa shape index (κ2) is 9.50. The molecular weight excluding hydrogens is 434 g/mol. The number of hydrogen-bond acceptors (Lipinski definition) is 5. The third-order valence-corrected chi connectivity index (χ3v) is 6.42. The number of amides is 1. The number of aromatic nitrogens is 2. The summed E-state index contributed by atoms with van der Waals surface area (Å²) in [6.07, 6.45) is 0. The Morgan fingerprint density at radius 2 is 1.79 bits per heavy atom. The number of benzene rings is 3. The summed E-state index contributed by atoms with van der Waals surface area (Å²) in [4.78, 5) is 31.3. The summed E-state index contributed by atoms with van der Waals surface area (Å²) in [6, 6.07) is 20.5. The molecule has 3 aromatic carbocycles.